The Morgan fingerprint density at radius 2 is 1.74 bits per heavy atom. The molecule has 0 aromatic heterocycles. The summed E-state index contributed by atoms with van der Waals surface area (Å²) in [6, 6.07) is 10.4. The van der Waals surface area contributed by atoms with Crippen molar-refractivity contribution >= 4 is 17.3 Å². The molecule has 0 bridgehead atoms. The molecule has 2 aliphatic rings. The highest BCUT2D eigenvalue weighted by Crippen LogP contribution is 2.49. The van der Waals surface area contributed by atoms with Gasteiger partial charge in [-0.1, -0.05) is 29.8 Å². The molecule has 1 aromatic carbocycles. The molecule has 1 aromatic rings. The van der Waals surface area contributed by atoms with Crippen LogP contribution in [0.4, 0.5) is 5.69 Å². The Kier molecular flexibility index (Phi) is 3.78. The molecule has 0 amide bonds. The number of hydrogen-bond donors (Lipinski definition) is 1. The second kappa shape index (κ2) is 5.19. The Morgan fingerprint density at radius 3 is 2.26 bits per heavy atom. The summed E-state index contributed by atoms with van der Waals surface area (Å²) < 4.78 is 0.481. The zero-order chi connectivity index (χ0) is 17.2. The zero-order valence-corrected chi connectivity index (χ0v) is 15.5. The summed E-state index contributed by atoms with van der Waals surface area (Å²) in [4.78, 5) is 0. The van der Waals surface area contributed by atoms with Crippen molar-refractivity contribution in [3.05, 3.63) is 41.2 Å². The van der Waals surface area contributed by atoms with E-state index in [1.165, 1.54) is 0 Å². The van der Waals surface area contributed by atoms with Crippen LogP contribution in [0.3, 0.4) is 0 Å². The van der Waals surface area contributed by atoms with Gasteiger partial charge in [-0.15, -0.1) is 10.0 Å². The smallest absolute Gasteiger partial charge is 0.262 e. The molecule has 2 heterocycles. The Bertz CT molecular complexity index is 638. The Morgan fingerprint density at radius 1 is 1.17 bits per heavy atom. The van der Waals surface area contributed by atoms with E-state index in [4.69, 9.17) is 17.3 Å². The lowest BCUT2D eigenvalue weighted by Gasteiger charge is -2.46. The minimum atomic E-state index is -0.233. The van der Waals surface area contributed by atoms with E-state index in [2.05, 4.69) is 61.9 Å². The molecule has 3 unspecified atom stereocenters. The zero-order valence-electron chi connectivity index (χ0n) is 14.8. The van der Waals surface area contributed by atoms with E-state index in [1.807, 2.05) is 25.2 Å². The number of nitrogens with zero attached hydrogens (tertiary/aromatic N) is 4. The van der Waals surface area contributed by atoms with Crippen molar-refractivity contribution in [3.63, 3.8) is 0 Å². The van der Waals surface area contributed by atoms with E-state index in [0.717, 1.165) is 16.5 Å². The number of hydrogen-bond acceptors (Lipinski definition) is 4. The summed E-state index contributed by atoms with van der Waals surface area (Å²) >= 11 is 6.83. The van der Waals surface area contributed by atoms with Crippen LogP contribution in [0, 0.1) is 0 Å². The Labute approximate surface area is 144 Å². The van der Waals surface area contributed by atoms with E-state index in [1.54, 1.807) is 0 Å². The van der Waals surface area contributed by atoms with Gasteiger partial charge in [0.25, 0.3) is 5.82 Å². The summed E-state index contributed by atoms with van der Waals surface area (Å²) in [5, 5.41) is 7.45. The van der Waals surface area contributed by atoms with Gasteiger partial charge in [-0.3, -0.25) is 5.73 Å². The monoisotopic (exact) mass is 336 g/mol. The second-order valence-corrected chi connectivity index (χ2v) is 7.93. The maximum absolute atomic E-state index is 6.83. The number of nitrogens with two attached hydrogens (primary N) is 1. The van der Waals surface area contributed by atoms with Crippen molar-refractivity contribution in [2.45, 2.75) is 45.6 Å². The third kappa shape index (κ3) is 2.15. The van der Waals surface area contributed by atoms with Crippen molar-refractivity contribution in [2.75, 3.05) is 19.1 Å². The van der Waals surface area contributed by atoms with Crippen LogP contribution in [0.2, 0.25) is 0 Å². The van der Waals surface area contributed by atoms with E-state index in [0.29, 0.717) is 4.59 Å². The van der Waals surface area contributed by atoms with Crippen molar-refractivity contribution in [1.29, 1.82) is 0 Å². The summed E-state index contributed by atoms with van der Waals surface area (Å²) in [6.45, 7) is 8.77. The lowest BCUT2D eigenvalue weighted by Crippen LogP contribution is -2.68. The van der Waals surface area contributed by atoms with E-state index >= 15 is 0 Å². The largest absolute Gasteiger partial charge is 0.264 e. The summed E-state index contributed by atoms with van der Waals surface area (Å²) in [5.74, 6) is 1.04. The number of para-hydroxylation sites is 1. The fraction of sp³-hybridized carbons (Fsp3) is 0.529. The fourth-order valence-corrected chi connectivity index (χ4v) is 4.53. The molecule has 1 saturated heterocycles. The van der Waals surface area contributed by atoms with Crippen molar-refractivity contribution in [3.8, 4) is 0 Å². The summed E-state index contributed by atoms with van der Waals surface area (Å²) in [5.41, 5.74) is 7.66. The standard InChI is InChI=1S/C17H27ClN5/c1-12-14(18)15-21(13-10-8-7-9-11-13)20(5)16(19)23(15,6)22(12)17(2,3)4/h7-12,16H,19H2,1-6H3/q+1. The lowest BCUT2D eigenvalue weighted by atomic mass is 10.1. The first-order chi connectivity index (χ1) is 10.6. The predicted molar refractivity (Wildman–Crippen MR) is 94.8 cm³/mol. The molecule has 0 radical (unpaired) electrons. The quantitative estimate of drug-likeness (QED) is 0.800. The Balaban J connectivity index is 2.19. The maximum Gasteiger partial charge on any atom is 0.262 e. The second-order valence-electron chi connectivity index (χ2n) is 7.52. The number of quaternary nitrogens is 1. The third-order valence-electron chi connectivity index (χ3n) is 4.93. The number of rotatable bonds is 1. The molecule has 2 N–H and O–H groups in total. The molecule has 126 valence electrons. The summed E-state index contributed by atoms with van der Waals surface area (Å²) in [6.07, 6.45) is -0.233. The highest BCUT2D eigenvalue weighted by molar-refractivity contribution is 6.30. The molecule has 3 rings (SSSR count). The van der Waals surface area contributed by atoms with Gasteiger partial charge in [0.05, 0.1) is 18.3 Å². The SMILES string of the molecule is CC1C(Cl)=C2N(c3ccccc3)N(C)C(N)[N+]2(C)N1C(C)(C)C. The highest BCUT2D eigenvalue weighted by Gasteiger charge is 2.64. The van der Waals surface area contributed by atoms with Crippen molar-refractivity contribution in [1.82, 2.24) is 10.0 Å². The van der Waals surface area contributed by atoms with Gasteiger partial charge in [0.1, 0.15) is 11.1 Å². The van der Waals surface area contributed by atoms with Gasteiger partial charge in [0.2, 0.25) is 6.29 Å². The molecule has 6 heteroatoms. The van der Waals surface area contributed by atoms with Crippen molar-refractivity contribution < 1.29 is 4.59 Å². The number of hydrazine groups is 1. The van der Waals surface area contributed by atoms with Crippen LogP contribution < -0.4 is 10.7 Å². The maximum atomic E-state index is 6.83. The fourth-order valence-electron chi connectivity index (χ4n) is 4.19. The average molecular weight is 337 g/mol. The average Bonchev–Trinajstić information content (AvgIpc) is 2.80. The molecule has 0 saturated carbocycles. The molecule has 1 fully saturated rings. The summed E-state index contributed by atoms with van der Waals surface area (Å²) in [7, 11) is 4.17. The molecule has 0 spiro atoms. The van der Waals surface area contributed by atoms with Gasteiger partial charge in [-0.25, -0.2) is 5.01 Å². The molecule has 2 aliphatic heterocycles. The molecule has 23 heavy (non-hydrogen) atoms. The molecular weight excluding hydrogens is 310 g/mol. The molecular formula is C17H27ClN5+. The first kappa shape index (κ1) is 16.7. The van der Waals surface area contributed by atoms with E-state index < -0.39 is 0 Å². The van der Waals surface area contributed by atoms with Crippen LogP contribution in [0.25, 0.3) is 0 Å². The van der Waals surface area contributed by atoms with Crippen LogP contribution in [0.1, 0.15) is 27.7 Å². The minimum Gasteiger partial charge on any atom is -0.264 e. The molecule has 0 aliphatic carbocycles. The van der Waals surface area contributed by atoms with Gasteiger partial charge >= 0.3 is 0 Å². The van der Waals surface area contributed by atoms with Gasteiger partial charge in [-0.05, 0) is 39.8 Å². The lowest BCUT2D eigenvalue weighted by molar-refractivity contribution is -1.01. The van der Waals surface area contributed by atoms with Crippen molar-refractivity contribution in [2.24, 2.45) is 5.73 Å². The number of halogens is 1. The minimum absolute atomic E-state index is 0.0682. The third-order valence-corrected chi connectivity index (χ3v) is 5.41. The van der Waals surface area contributed by atoms with Gasteiger partial charge in [0, 0.05) is 7.05 Å². The van der Waals surface area contributed by atoms with E-state index in [9.17, 15) is 0 Å². The first-order valence-electron chi connectivity index (χ1n) is 8.01. The number of benzene rings is 1. The van der Waals surface area contributed by atoms with Crippen LogP contribution in [0.5, 0.6) is 0 Å². The van der Waals surface area contributed by atoms with Gasteiger partial charge in [0.15, 0.2) is 0 Å². The first-order valence-corrected chi connectivity index (χ1v) is 8.39. The highest BCUT2D eigenvalue weighted by atomic mass is 35.5. The van der Waals surface area contributed by atoms with E-state index in [-0.39, 0.29) is 17.9 Å². The predicted octanol–water partition coefficient (Wildman–Crippen LogP) is 2.87. The molecule has 3 atom stereocenters. The van der Waals surface area contributed by atoms with Crippen LogP contribution in [-0.4, -0.2) is 46.6 Å². The van der Waals surface area contributed by atoms with Gasteiger partial charge in [-0.2, -0.15) is 4.59 Å². The van der Waals surface area contributed by atoms with Crippen LogP contribution in [-0.2, 0) is 0 Å². The van der Waals surface area contributed by atoms with Crippen LogP contribution >= 0.6 is 11.6 Å². The normalized spacial score (nSPS) is 32.8. The molecule has 5 nitrogen and oxygen atoms in total. The Hall–Kier alpha value is -1.11. The van der Waals surface area contributed by atoms with Crippen LogP contribution in [0.15, 0.2) is 41.2 Å². The van der Waals surface area contributed by atoms with Gasteiger partial charge < -0.3 is 0 Å². The number of anilines is 1. The topological polar surface area (TPSA) is 35.7 Å². The number of fused-ring (bicyclic) bond motifs is 1.